The fourth-order valence-electron chi connectivity index (χ4n) is 3.45. The molecule has 1 N–H and O–H groups in total. The van der Waals surface area contributed by atoms with E-state index in [1.165, 1.54) is 23.7 Å². The summed E-state index contributed by atoms with van der Waals surface area (Å²) in [5, 5.41) is 4.24. The molecule has 0 saturated heterocycles. The zero-order valence-corrected chi connectivity index (χ0v) is 14.8. The van der Waals surface area contributed by atoms with Crippen LogP contribution in [0.4, 0.5) is 5.82 Å². The smallest absolute Gasteiger partial charge is 0.175 e. The van der Waals surface area contributed by atoms with Crippen LogP contribution in [0.1, 0.15) is 30.0 Å². The molecule has 0 fully saturated rings. The van der Waals surface area contributed by atoms with Crippen LogP contribution in [-0.2, 0) is 16.3 Å². The van der Waals surface area contributed by atoms with E-state index in [9.17, 15) is 8.42 Å². The molecule has 0 bridgehead atoms. The Balaban J connectivity index is 1.78. The monoisotopic (exact) mass is 353 g/mol. The zero-order chi connectivity index (χ0) is 17.4. The van der Waals surface area contributed by atoms with Crippen LogP contribution in [0.3, 0.4) is 0 Å². The number of aromatic nitrogens is 2. The van der Waals surface area contributed by atoms with Gasteiger partial charge >= 0.3 is 0 Å². The van der Waals surface area contributed by atoms with E-state index in [0.29, 0.717) is 5.82 Å². The third-order valence-corrected chi connectivity index (χ3v) is 5.83. The normalized spacial score (nSPS) is 17.2. The molecule has 0 radical (unpaired) electrons. The van der Waals surface area contributed by atoms with Crippen molar-refractivity contribution in [2.45, 2.75) is 30.2 Å². The molecule has 0 aliphatic heterocycles. The van der Waals surface area contributed by atoms with Crippen LogP contribution in [0.25, 0.3) is 10.9 Å². The first-order valence-electron chi connectivity index (χ1n) is 8.31. The number of benzene rings is 2. The van der Waals surface area contributed by atoms with Crippen molar-refractivity contribution in [2.24, 2.45) is 0 Å². The lowest BCUT2D eigenvalue weighted by atomic mass is 9.88. The Hall–Kier alpha value is -2.47. The van der Waals surface area contributed by atoms with E-state index >= 15 is 0 Å². The fraction of sp³-hybridized carbons (Fsp3) is 0.263. The van der Waals surface area contributed by atoms with Gasteiger partial charge in [-0.2, -0.15) is 0 Å². The molecule has 0 spiro atoms. The van der Waals surface area contributed by atoms with Crippen molar-refractivity contribution < 1.29 is 8.42 Å². The van der Waals surface area contributed by atoms with Gasteiger partial charge in [0.1, 0.15) is 12.1 Å². The van der Waals surface area contributed by atoms with E-state index in [2.05, 4.69) is 39.6 Å². The van der Waals surface area contributed by atoms with Gasteiger partial charge in [-0.15, -0.1) is 0 Å². The molecule has 1 atom stereocenters. The molecule has 1 aliphatic rings. The molecule has 0 amide bonds. The average Bonchev–Trinajstić information content (AvgIpc) is 2.61. The fourth-order valence-corrected chi connectivity index (χ4v) is 4.10. The van der Waals surface area contributed by atoms with Gasteiger partial charge in [0.25, 0.3) is 0 Å². The molecule has 5 nitrogen and oxygen atoms in total. The Morgan fingerprint density at radius 2 is 1.96 bits per heavy atom. The van der Waals surface area contributed by atoms with Gasteiger partial charge in [-0.05, 0) is 48.6 Å². The van der Waals surface area contributed by atoms with Gasteiger partial charge in [0.15, 0.2) is 9.84 Å². The maximum atomic E-state index is 11.9. The summed E-state index contributed by atoms with van der Waals surface area (Å²) < 4.78 is 23.8. The predicted molar refractivity (Wildman–Crippen MR) is 98.4 cm³/mol. The Morgan fingerprint density at radius 3 is 2.80 bits per heavy atom. The van der Waals surface area contributed by atoms with E-state index in [1.54, 1.807) is 18.2 Å². The molecule has 128 valence electrons. The highest BCUT2D eigenvalue weighted by molar-refractivity contribution is 7.90. The number of nitrogens with one attached hydrogen (secondary N) is 1. The van der Waals surface area contributed by atoms with E-state index in [0.717, 1.165) is 30.2 Å². The Labute approximate surface area is 147 Å². The Morgan fingerprint density at radius 1 is 1.12 bits per heavy atom. The molecule has 0 unspecified atom stereocenters. The maximum Gasteiger partial charge on any atom is 0.175 e. The molecule has 1 aliphatic carbocycles. The van der Waals surface area contributed by atoms with Crippen molar-refractivity contribution in [1.29, 1.82) is 0 Å². The van der Waals surface area contributed by atoms with E-state index in [1.807, 2.05) is 0 Å². The molecule has 4 rings (SSSR count). The minimum absolute atomic E-state index is 0.171. The lowest BCUT2D eigenvalue weighted by molar-refractivity contribution is 0.599. The molecule has 1 aromatic heterocycles. The second-order valence-electron chi connectivity index (χ2n) is 6.46. The maximum absolute atomic E-state index is 11.9. The first-order chi connectivity index (χ1) is 12.0. The van der Waals surface area contributed by atoms with Gasteiger partial charge in [0.2, 0.25) is 0 Å². The van der Waals surface area contributed by atoms with Crippen molar-refractivity contribution in [3.8, 4) is 0 Å². The summed E-state index contributed by atoms with van der Waals surface area (Å²) in [6, 6.07) is 13.6. The summed E-state index contributed by atoms with van der Waals surface area (Å²) in [4.78, 5) is 8.92. The van der Waals surface area contributed by atoms with Gasteiger partial charge in [0.05, 0.1) is 16.5 Å². The number of hydrogen-bond acceptors (Lipinski definition) is 5. The van der Waals surface area contributed by atoms with Gasteiger partial charge < -0.3 is 5.32 Å². The molecule has 1 heterocycles. The lowest BCUT2D eigenvalue weighted by Gasteiger charge is -2.27. The summed E-state index contributed by atoms with van der Waals surface area (Å²) in [6.07, 6.45) is 5.96. The Kier molecular flexibility index (Phi) is 3.92. The summed E-state index contributed by atoms with van der Waals surface area (Å²) in [7, 11) is -3.28. The molecule has 0 saturated carbocycles. The number of hydrogen-bond donors (Lipinski definition) is 1. The molecule has 2 aromatic carbocycles. The highest BCUT2D eigenvalue weighted by Gasteiger charge is 2.21. The second kappa shape index (κ2) is 6.11. The molecular formula is C19H19N3O2S. The molecule has 25 heavy (non-hydrogen) atoms. The molecule has 6 heteroatoms. The number of fused-ring (bicyclic) bond motifs is 2. The summed E-state index contributed by atoms with van der Waals surface area (Å²) in [6.45, 7) is 0. The van der Waals surface area contributed by atoms with Crippen molar-refractivity contribution in [1.82, 2.24) is 9.97 Å². The van der Waals surface area contributed by atoms with Gasteiger partial charge in [-0.3, -0.25) is 0 Å². The van der Waals surface area contributed by atoms with E-state index in [-0.39, 0.29) is 10.9 Å². The largest absolute Gasteiger partial charge is 0.363 e. The molecule has 3 aromatic rings. The average molecular weight is 353 g/mol. The number of sulfone groups is 1. The van der Waals surface area contributed by atoms with Crippen molar-refractivity contribution in [3.63, 3.8) is 0 Å². The third kappa shape index (κ3) is 3.09. The summed E-state index contributed by atoms with van der Waals surface area (Å²) in [5.41, 5.74) is 3.38. The second-order valence-corrected chi connectivity index (χ2v) is 8.48. The number of rotatable bonds is 3. The van der Waals surface area contributed by atoms with Crippen LogP contribution in [0, 0.1) is 0 Å². The third-order valence-electron chi connectivity index (χ3n) is 4.72. The quantitative estimate of drug-likeness (QED) is 0.780. The number of nitrogens with zero attached hydrogens (tertiary/aromatic N) is 2. The van der Waals surface area contributed by atoms with Crippen LogP contribution >= 0.6 is 0 Å². The Bertz CT molecular complexity index is 1050. The SMILES string of the molecule is CS(=O)(=O)c1ccc2ncnc(N[C@@H]3CCCc4ccccc43)c2c1. The van der Waals surface area contributed by atoms with Crippen LogP contribution in [0.5, 0.6) is 0 Å². The van der Waals surface area contributed by atoms with Crippen LogP contribution < -0.4 is 5.32 Å². The summed E-state index contributed by atoms with van der Waals surface area (Å²) in [5.74, 6) is 0.678. The molecular weight excluding hydrogens is 334 g/mol. The highest BCUT2D eigenvalue weighted by Crippen LogP contribution is 2.33. The van der Waals surface area contributed by atoms with Crippen molar-refractivity contribution >= 4 is 26.6 Å². The van der Waals surface area contributed by atoms with E-state index < -0.39 is 9.84 Å². The predicted octanol–water partition coefficient (Wildman–Crippen LogP) is 3.52. The van der Waals surface area contributed by atoms with Gasteiger partial charge in [-0.25, -0.2) is 18.4 Å². The van der Waals surface area contributed by atoms with E-state index in [4.69, 9.17) is 0 Å². The standard InChI is InChI=1S/C19H19N3O2S/c1-25(23,24)14-9-10-17-16(11-14)19(21-12-20-17)22-18-8-4-6-13-5-2-3-7-15(13)18/h2-3,5,7,9-12,18H,4,6,8H2,1H3,(H,20,21,22)/t18-/m1/s1. The minimum atomic E-state index is -3.28. The lowest BCUT2D eigenvalue weighted by Crippen LogP contribution is -2.18. The first-order valence-corrected chi connectivity index (χ1v) is 10.2. The number of anilines is 1. The van der Waals surface area contributed by atoms with Crippen molar-refractivity contribution in [2.75, 3.05) is 11.6 Å². The topological polar surface area (TPSA) is 72.0 Å². The first kappa shape index (κ1) is 16.0. The van der Waals surface area contributed by atoms with Crippen LogP contribution in [0.2, 0.25) is 0 Å². The van der Waals surface area contributed by atoms with Gasteiger partial charge in [0, 0.05) is 11.6 Å². The highest BCUT2D eigenvalue weighted by atomic mass is 32.2. The van der Waals surface area contributed by atoms with Crippen molar-refractivity contribution in [3.05, 3.63) is 59.9 Å². The minimum Gasteiger partial charge on any atom is -0.363 e. The van der Waals surface area contributed by atoms with Crippen LogP contribution in [0.15, 0.2) is 53.7 Å². The van der Waals surface area contributed by atoms with Gasteiger partial charge in [-0.1, -0.05) is 24.3 Å². The number of aryl methyl sites for hydroxylation is 1. The zero-order valence-electron chi connectivity index (χ0n) is 13.9. The summed E-state index contributed by atoms with van der Waals surface area (Å²) >= 11 is 0. The van der Waals surface area contributed by atoms with Crippen LogP contribution in [-0.4, -0.2) is 24.6 Å².